The van der Waals surface area contributed by atoms with Crippen molar-refractivity contribution in [1.82, 2.24) is 5.48 Å². The lowest BCUT2D eigenvalue weighted by Crippen LogP contribution is -2.18. The maximum absolute atomic E-state index is 10.6. The van der Waals surface area contributed by atoms with Crippen molar-refractivity contribution in [2.75, 3.05) is 0 Å². The first-order valence-electron chi connectivity index (χ1n) is 4.26. The average molecular weight is 157 g/mol. The topological polar surface area (TPSA) is 49.3 Å². The fourth-order valence-electron chi connectivity index (χ4n) is 1.69. The summed E-state index contributed by atoms with van der Waals surface area (Å²) in [6, 6.07) is 0. The van der Waals surface area contributed by atoms with E-state index in [4.69, 9.17) is 5.21 Å². The molecule has 1 amide bonds. The Hall–Kier alpha value is -0.570. The van der Waals surface area contributed by atoms with Gasteiger partial charge in [-0.2, -0.15) is 0 Å². The average Bonchev–Trinajstić information content (AvgIpc) is 2.52. The number of amides is 1. The van der Waals surface area contributed by atoms with Crippen LogP contribution in [0.1, 0.15) is 38.5 Å². The van der Waals surface area contributed by atoms with Crippen molar-refractivity contribution in [3.63, 3.8) is 0 Å². The number of carbonyl (C=O) groups excluding carboxylic acids is 1. The van der Waals surface area contributed by atoms with Gasteiger partial charge >= 0.3 is 0 Å². The molecular weight excluding hydrogens is 142 g/mol. The maximum Gasteiger partial charge on any atom is 0.243 e. The molecule has 64 valence electrons. The van der Waals surface area contributed by atoms with Crippen LogP contribution in [0.5, 0.6) is 0 Å². The molecule has 0 bridgehead atoms. The highest BCUT2D eigenvalue weighted by atomic mass is 16.5. The minimum Gasteiger partial charge on any atom is -0.289 e. The molecule has 1 rings (SSSR count). The monoisotopic (exact) mass is 157 g/mol. The lowest BCUT2D eigenvalue weighted by atomic mass is 10.0. The van der Waals surface area contributed by atoms with Gasteiger partial charge in [0.25, 0.3) is 0 Å². The van der Waals surface area contributed by atoms with Crippen molar-refractivity contribution >= 4 is 5.91 Å². The molecule has 0 aliphatic heterocycles. The van der Waals surface area contributed by atoms with Gasteiger partial charge in [-0.25, -0.2) is 5.48 Å². The van der Waals surface area contributed by atoms with Gasteiger partial charge in [0.1, 0.15) is 0 Å². The van der Waals surface area contributed by atoms with E-state index in [2.05, 4.69) is 0 Å². The van der Waals surface area contributed by atoms with Crippen LogP contribution in [0.15, 0.2) is 0 Å². The molecule has 0 aromatic rings. The van der Waals surface area contributed by atoms with Crippen molar-refractivity contribution in [3.8, 4) is 0 Å². The van der Waals surface area contributed by atoms with Gasteiger partial charge in [0.2, 0.25) is 5.91 Å². The summed E-state index contributed by atoms with van der Waals surface area (Å²) in [4.78, 5) is 10.6. The van der Waals surface area contributed by atoms with E-state index in [1.54, 1.807) is 5.48 Å². The Labute approximate surface area is 66.7 Å². The third-order valence-corrected chi connectivity index (χ3v) is 2.38. The first-order valence-corrected chi connectivity index (χ1v) is 4.26. The van der Waals surface area contributed by atoms with Crippen LogP contribution >= 0.6 is 0 Å². The van der Waals surface area contributed by atoms with Gasteiger partial charge < -0.3 is 0 Å². The van der Waals surface area contributed by atoms with E-state index in [1.165, 1.54) is 25.7 Å². The van der Waals surface area contributed by atoms with E-state index < -0.39 is 0 Å². The molecule has 0 spiro atoms. The summed E-state index contributed by atoms with van der Waals surface area (Å²) in [5.74, 6) is 0.476. The Kier molecular flexibility index (Phi) is 3.36. The lowest BCUT2D eigenvalue weighted by Gasteiger charge is -2.05. The van der Waals surface area contributed by atoms with Gasteiger partial charge in [-0.1, -0.05) is 25.7 Å². The summed E-state index contributed by atoms with van der Waals surface area (Å²) in [5, 5.41) is 8.21. The second-order valence-corrected chi connectivity index (χ2v) is 3.22. The Morgan fingerprint density at radius 2 is 2.09 bits per heavy atom. The first kappa shape index (κ1) is 8.53. The van der Waals surface area contributed by atoms with Crippen LogP contribution < -0.4 is 5.48 Å². The largest absolute Gasteiger partial charge is 0.289 e. The van der Waals surface area contributed by atoms with Gasteiger partial charge in [-0.3, -0.25) is 10.0 Å². The predicted molar refractivity (Wildman–Crippen MR) is 41.1 cm³/mol. The predicted octanol–water partition coefficient (Wildman–Crippen LogP) is 1.46. The zero-order chi connectivity index (χ0) is 8.10. The molecule has 0 aromatic carbocycles. The van der Waals surface area contributed by atoms with Crippen molar-refractivity contribution < 1.29 is 10.0 Å². The van der Waals surface area contributed by atoms with Crippen LogP contribution in [-0.2, 0) is 4.79 Å². The van der Waals surface area contributed by atoms with Crippen LogP contribution in [0.25, 0.3) is 0 Å². The van der Waals surface area contributed by atoms with E-state index in [1.807, 2.05) is 0 Å². The number of carbonyl (C=O) groups is 1. The normalized spacial score (nSPS) is 18.6. The van der Waals surface area contributed by atoms with E-state index in [9.17, 15) is 4.79 Å². The van der Waals surface area contributed by atoms with Crippen LogP contribution in [0.3, 0.4) is 0 Å². The van der Waals surface area contributed by atoms with Gasteiger partial charge in [0.15, 0.2) is 0 Å². The lowest BCUT2D eigenvalue weighted by molar-refractivity contribution is -0.129. The Morgan fingerprint density at radius 1 is 1.45 bits per heavy atom. The van der Waals surface area contributed by atoms with E-state index >= 15 is 0 Å². The van der Waals surface area contributed by atoms with Gasteiger partial charge in [-0.15, -0.1) is 0 Å². The van der Waals surface area contributed by atoms with Crippen LogP contribution in [0.2, 0.25) is 0 Å². The fourth-order valence-corrected chi connectivity index (χ4v) is 1.69. The summed E-state index contributed by atoms with van der Waals surface area (Å²) in [5.41, 5.74) is 1.65. The van der Waals surface area contributed by atoms with Crippen LogP contribution in [-0.4, -0.2) is 11.1 Å². The Balaban J connectivity index is 2.06. The van der Waals surface area contributed by atoms with Crippen molar-refractivity contribution in [3.05, 3.63) is 0 Å². The van der Waals surface area contributed by atoms with E-state index in [0.29, 0.717) is 6.42 Å². The Morgan fingerprint density at radius 3 is 2.64 bits per heavy atom. The Bertz CT molecular complexity index is 130. The molecule has 0 saturated heterocycles. The number of nitrogens with one attached hydrogen (secondary N) is 1. The molecule has 1 saturated carbocycles. The molecule has 2 N–H and O–H groups in total. The quantitative estimate of drug-likeness (QED) is 0.481. The zero-order valence-electron chi connectivity index (χ0n) is 6.68. The molecular formula is C8H15NO2. The highest BCUT2D eigenvalue weighted by molar-refractivity contribution is 5.74. The molecule has 1 aliphatic rings. The molecule has 1 aliphatic carbocycles. The van der Waals surface area contributed by atoms with Gasteiger partial charge in [-0.05, 0) is 12.3 Å². The van der Waals surface area contributed by atoms with Crippen LogP contribution in [0, 0.1) is 5.92 Å². The van der Waals surface area contributed by atoms with Crippen molar-refractivity contribution in [1.29, 1.82) is 0 Å². The molecule has 1 fully saturated rings. The maximum atomic E-state index is 10.6. The second-order valence-electron chi connectivity index (χ2n) is 3.22. The molecule has 0 atom stereocenters. The summed E-state index contributed by atoms with van der Waals surface area (Å²) in [7, 11) is 0. The van der Waals surface area contributed by atoms with Gasteiger partial charge in [0, 0.05) is 6.42 Å². The molecule has 3 nitrogen and oxygen atoms in total. The molecule has 0 heterocycles. The zero-order valence-corrected chi connectivity index (χ0v) is 6.68. The number of hydrogen-bond donors (Lipinski definition) is 2. The summed E-state index contributed by atoms with van der Waals surface area (Å²) in [6.07, 6.45) is 6.56. The third-order valence-electron chi connectivity index (χ3n) is 2.38. The third kappa shape index (κ3) is 2.89. The SMILES string of the molecule is O=C(CCC1CCCC1)NO. The fraction of sp³-hybridized carbons (Fsp3) is 0.875. The summed E-state index contributed by atoms with van der Waals surface area (Å²) >= 11 is 0. The molecule has 0 unspecified atom stereocenters. The number of hydrogen-bond acceptors (Lipinski definition) is 2. The van der Waals surface area contributed by atoms with Crippen molar-refractivity contribution in [2.45, 2.75) is 38.5 Å². The smallest absolute Gasteiger partial charge is 0.243 e. The van der Waals surface area contributed by atoms with Crippen molar-refractivity contribution in [2.24, 2.45) is 5.92 Å². The first-order chi connectivity index (χ1) is 5.33. The molecule has 0 radical (unpaired) electrons. The molecule has 11 heavy (non-hydrogen) atoms. The summed E-state index contributed by atoms with van der Waals surface area (Å²) < 4.78 is 0. The second kappa shape index (κ2) is 4.34. The van der Waals surface area contributed by atoms with E-state index in [0.717, 1.165) is 12.3 Å². The summed E-state index contributed by atoms with van der Waals surface area (Å²) in [6.45, 7) is 0. The number of hydroxylamine groups is 1. The van der Waals surface area contributed by atoms with E-state index in [-0.39, 0.29) is 5.91 Å². The highest BCUT2D eigenvalue weighted by Crippen LogP contribution is 2.28. The number of rotatable bonds is 3. The molecule has 3 heteroatoms. The minimum atomic E-state index is -0.253. The standard InChI is InChI=1S/C8H15NO2/c10-8(9-11)6-5-7-3-1-2-4-7/h7,11H,1-6H2,(H,9,10). The molecule has 0 aromatic heterocycles. The highest BCUT2D eigenvalue weighted by Gasteiger charge is 2.15. The van der Waals surface area contributed by atoms with Crippen LogP contribution in [0.4, 0.5) is 0 Å². The van der Waals surface area contributed by atoms with Gasteiger partial charge in [0.05, 0.1) is 0 Å². The minimum absolute atomic E-state index is 0.253.